The van der Waals surface area contributed by atoms with Crippen LogP contribution in [0.15, 0.2) is 12.2 Å². The largest absolute Gasteiger partial charge is 0.396 e. The quantitative estimate of drug-likeness (QED) is 0.683. The Labute approximate surface area is 128 Å². The summed E-state index contributed by atoms with van der Waals surface area (Å²) in [6, 6.07) is -0.0351. The van der Waals surface area contributed by atoms with Gasteiger partial charge in [-0.25, -0.2) is 4.79 Å². The van der Waals surface area contributed by atoms with Crippen molar-refractivity contribution >= 4 is 6.03 Å². The molecule has 120 valence electrons. The predicted octanol–water partition coefficient (Wildman–Crippen LogP) is 2.83. The fourth-order valence-electron chi connectivity index (χ4n) is 3.57. The van der Waals surface area contributed by atoms with E-state index in [-0.39, 0.29) is 30.0 Å². The van der Waals surface area contributed by atoms with Crippen LogP contribution < -0.4 is 10.6 Å². The summed E-state index contributed by atoms with van der Waals surface area (Å²) in [5, 5.41) is 15.1. The maximum absolute atomic E-state index is 12.0. The van der Waals surface area contributed by atoms with E-state index in [1.165, 1.54) is 32.1 Å². The zero-order valence-corrected chi connectivity index (χ0v) is 13.4. The lowest BCUT2D eigenvalue weighted by atomic mass is 9.71. The number of amides is 2. The molecule has 0 aliphatic heterocycles. The number of aliphatic hydroxyl groups is 1. The van der Waals surface area contributed by atoms with Gasteiger partial charge in [-0.3, -0.25) is 0 Å². The monoisotopic (exact) mass is 294 g/mol. The molecular weight excluding hydrogens is 264 g/mol. The summed E-state index contributed by atoms with van der Waals surface area (Å²) in [6.07, 6.45) is 11.4. The van der Waals surface area contributed by atoms with Crippen LogP contribution >= 0.6 is 0 Å². The first-order valence-electron chi connectivity index (χ1n) is 8.35. The van der Waals surface area contributed by atoms with Crippen LogP contribution in [0.2, 0.25) is 0 Å². The van der Waals surface area contributed by atoms with Gasteiger partial charge in [0.1, 0.15) is 0 Å². The summed E-state index contributed by atoms with van der Waals surface area (Å²) in [7, 11) is 0. The van der Waals surface area contributed by atoms with E-state index in [4.69, 9.17) is 5.11 Å². The van der Waals surface area contributed by atoms with Crippen molar-refractivity contribution in [1.82, 2.24) is 10.6 Å². The summed E-state index contributed by atoms with van der Waals surface area (Å²) < 4.78 is 0. The molecule has 4 nitrogen and oxygen atoms in total. The zero-order chi connectivity index (χ0) is 15.3. The first-order chi connectivity index (χ1) is 10.0. The molecule has 3 N–H and O–H groups in total. The predicted molar refractivity (Wildman–Crippen MR) is 85.0 cm³/mol. The van der Waals surface area contributed by atoms with Gasteiger partial charge in [0.05, 0.1) is 0 Å². The van der Waals surface area contributed by atoms with Gasteiger partial charge in [-0.15, -0.1) is 0 Å². The zero-order valence-electron chi connectivity index (χ0n) is 13.4. The Morgan fingerprint density at radius 2 is 1.95 bits per heavy atom. The molecule has 21 heavy (non-hydrogen) atoms. The van der Waals surface area contributed by atoms with Crippen LogP contribution in [0.4, 0.5) is 4.79 Å². The van der Waals surface area contributed by atoms with E-state index in [1.54, 1.807) is 0 Å². The number of nitrogens with one attached hydrogen (secondary N) is 2. The fourth-order valence-corrected chi connectivity index (χ4v) is 3.57. The van der Waals surface area contributed by atoms with Crippen molar-refractivity contribution in [1.29, 1.82) is 0 Å². The van der Waals surface area contributed by atoms with Crippen molar-refractivity contribution < 1.29 is 9.90 Å². The number of carbonyl (C=O) groups excluding carboxylic acids is 1. The molecule has 4 heteroatoms. The van der Waals surface area contributed by atoms with Crippen molar-refractivity contribution in [2.75, 3.05) is 13.2 Å². The second-order valence-electron chi connectivity index (χ2n) is 7.32. The molecule has 0 spiro atoms. The minimum atomic E-state index is -0.0906. The number of aliphatic hydroxyl groups excluding tert-OH is 1. The van der Waals surface area contributed by atoms with Crippen LogP contribution in [0, 0.1) is 17.3 Å². The van der Waals surface area contributed by atoms with Crippen LogP contribution in [0.1, 0.15) is 52.4 Å². The first-order valence-corrected chi connectivity index (χ1v) is 8.35. The summed E-state index contributed by atoms with van der Waals surface area (Å²) in [5.41, 5.74) is 0.164. The number of hydrogen-bond acceptors (Lipinski definition) is 2. The molecule has 0 unspecified atom stereocenters. The van der Waals surface area contributed by atoms with Crippen molar-refractivity contribution in [3.8, 4) is 0 Å². The molecule has 2 aliphatic rings. The fraction of sp³-hybridized carbons (Fsp3) is 0.824. The Morgan fingerprint density at radius 1 is 1.24 bits per heavy atom. The van der Waals surface area contributed by atoms with Gasteiger partial charge in [0.2, 0.25) is 0 Å². The molecule has 0 bridgehead atoms. The summed E-state index contributed by atoms with van der Waals surface area (Å²) >= 11 is 0. The topological polar surface area (TPSA) is 61.4 Å². The summed E-state index contributed by atoms with van der Waals surface area (Å²) in [6.45, 7) is 5.41. The Bertz CT molecular complexity index is 373. The van der Waals surface area contributed by atoms with E-state index in [1.807, 2.05) is 12.2 Å². The molecule has 0 aromatic carbocycles. The molecule has 2 aliphatic carbocycles. The molecule has 2 atom stereocenters. The Balaban J connectivity index is 1.71. The third kappa shape index (κ3) is 4.73. The molecular formula is C17H30N2O2. The van der Waals surface area contributed by atoms with Gasteiger partial charge in [-0.2, -0.15) is 0 Å². The SMILES string of the molecule is CC(C)(CNC(=O)N[C@@H]1C=C[C@H](CO)C1)C1CCCCC1. The van der Waals surface area contributed by atoms with E-state index in [9.17, 15) is 4.79 Å². The van der Waals surface area contributed by atoms with Crippen molar-refractivity contribution in [3.05, 3.63) is 12.2 Å². The second-order valence-corrected chi connectivity index (χ2v) is 7.32. The first kappa shape index (κ1) is 16.3. The highest BCUT2D eigenvalue weighted by molar-refractivity contribution is 5.74. The minimum absolute atomic E-state index is 0.0555. The Morgan fingerprint density at radius 3 is 2.57 bits per heavy atom. The lowest BCUT2D eigenvalue weighted by molar-refractivity contribution is 0.154. The second kappa shape index (κ2) is 7.30. The standard InChI is InChI=1S/C17H30N2O2/c1-17(2,14-6-4-3-5-7-14)12-18-16(21)19-15-9-8-13(10-15)11-20/h8-9,13-15,20H,3-7,10-12H2,1-2H3,(H2,18,19,21)/t13-,15+/m0/s1. The maximum Gasteiger partial charge on any atom is 0.315 e. The van der Waals surface area contributed by atoms with Crippen molar-refractivity contribution in [2.45, 2.75) is 58.4 Å². The number of hydrogen-bond donors (Lipinski definition) is 3. The molecule has 0 saturated heterocycles. The number of urea groups is 1. The van der Waals surface area contributed by atoms with E-state index >= 15 is 0 Å². The summed E-state index contributed by atoms with van der Waals surface area (Å²) in [5.74, 6) is 0.908. The number of carbonyl (C=O) groups is 1. The van der Waals surface area contributed by atoms with E-state index in [0.29, 0.717) is 0 Å². The lowest BCUT2D eigenvalue weighted by Gasteiger charge is -2.37. The van der Waals surface area contributed by atoms with Crippen LogP contribution in [0.5, 0.6) is 0 Å². The van der Waals surface area contributed by atoms with Gasteiger partial charge in [0.15, 0.2) is 0 Å². The number of rotatable bonds is 5. The molecule has 2 rings (SSSR count). The van der Waals surface area contributed by atoms with Gasteiger partial charge >= 0.3 is 6.03 Å². The van der Waals surface area contributed by atoms with Crippen molar-refractivity contribution in [2.24, 2.45) is 17.3 Å². The van der Waals surface area contributed by atoms with E-state index in [0.717, 1.165) is 18.9 Å². The van der Waals surface area contributed by atoms with Gasteiger partial charge in [-0.1, -0.05) is 45.3 Å². The average Bonchev–Trinajstić information content (AvgIpc) is 2.94. The average molecular weight is 294 g/mol. The normalized spacial score (nSPS) is 26.8. The van der Waals surface area contributed by atoms with E-state index in [2.05, 4.69) is 24.5 Å². The Hall–Kier alpha value is -1.03. The highest BCUT2D eigenvalue weighted by Gasteiger charge is 2.31. The molecule has 0 aromatic rings. The third-order valence-electron chi connectivity index (χ3n) is 5.14. The Kier molecular flexibility index (Phi) is 5.68. The highest BCUT2D eigenvalue weighted by Crippen LogP contribution is 2.37. The van der Waals surface area contributed by atoms with E-state index < -0.39 is 0 Å². The molecule has 0 aromatic heterocycles. The van der Waals surface area contributed by atoms with Crippen LogP contribution in [-0.4, -0.2) is 30.3 Å². The van der Waals surface area contributed by atoms with Gasteiger partial charge in [0, 0.05) is 25.1 Å². The van der Waals surface area contributed by atoms with Gasteiger partial charge < -0.3 is 15.7 Å². The summed E-state index contributed by atoms with van der Waals surface area (Å²) in [4.78, 5) is 12.0. The third-order valence-corrected chi connectivity index (χ3v) is 5.14. The van der Waals surface area contributed by atoms with Crippen LogP contribution in [-0.2, 0) is 0 Å². The highest BCUT2D eigenvalue weighted by atomic mass is 16.3. The van der Waals surface area contributed by atoms with Crippen LogP contribution in [0.3, 0.4) is 0 Å². The van der Waals surface area contributed by atoms with Crippen LogP contribution in [0.25, 0.3) is 0 Å². The molecule has 1 fully saturated rings. The van der Waals surface area contributed by atoms with Crippen molar-refractivity contribution in [3.63, 3.8) is 0 Å². The minimum Gasteiger partial charge on any atom is -0.396 e. The molecule has 1 saturated carbocycles. The lowest BCUT2D eigenvalue weighted by Crippen LogP contribution is -2.46. The van der Waals surface area contributed by atoms with Gasteiger partial charge in [-0.05, 0) is 30.6 Å². The maximum atomic E-state index is 12.0. The molecule has 0 heterocycles. The molecule has 0 radical (unpaired) electrons. The smallest absolute Gasteiger partial charge is 0.315 e. The molecule has 2 amide bonds. The van der Waals surface area contributed by atoms with Gasteiger partial charge in [0.25, 0.3) is 0 Å².